The fourth-order valence-electron chi connectivity index (χ4n) is 2.53. The van der Waals surface area contributed by atoms with Gasteiger partial charge in [0.1, 0.15) is 0 Å². The zero-order valence-corrected chi connectivity index (χ0v) is 13.8. The molecular weight excluding hydrogens is 304 g/mol. The normalized spacial score (nSPS) is 17.4. The van der Waals surface area contributed by atoms with Gasteiger partial charge in [-0.3, -0.25) is 9.59 Å². The molecule has 3 rings (SSSR count). The first-order valence-electron chi connectivity index (χ1n) is 7.93. The molecule has 1 saturated heterocycles. The van der Waals surface area contributed by atoms with E-state index in [1.54, 1.807) is 48.5 Å². The van der Waals surface area contributed by atoms with Crippen LogP contribution in [0.4, 0.5) is 0 Å². The minimum atomic E-state index is -0.514. The predicted octanol–water partition coefficient (Wildman–Crippen LogP) is 3.82. The molecule has 1 fully saturated rings. The van der Waals surface area contributed by atoms with Gasteiger partial charge in [0.15, 0.2) is 6.29 Å². The highest BCUT2D eigenvalue weighted by molar-refractivity contribution is 6.49. The first-order chi connectivity index (χ1) is 11.5. The molecule has 0 N–H and O–H groups in total. The average molecular weight is 324 g/mol. The molecule has 0 bridgehead atoms. The second-order valence-electron chi connectivity index (χ2n) is 6.76. The number of ether oxygens (including phenoxy) is 2. The van der Waals surface area contributed by atoms with E-state index in [1.807, 2.05) is 6.07 Å². The van der Waals surface area contributed by atoms with E-state index in [0.717, 1.165) is 5.56 Å². The molecule has 0 aromatic heterocycles. The first-order valence-corrected chi connectivity index (χ1v) is 7.93. The van der Waals surface area contributed by atoms with Crippen LogP contribution in [0.25, 0.3) is 0 Å². The zero-order valence-electron chi connectivity index (χ0n) is 13.8. The Morgan fingerprint density at radius 3 is 1.88 bits per heavy atom. The Morgan fingerprint density at radius 2 is 1.33 bits per heavy atom. The van der Waals surface area contributed by atoms with Gasteiger partial charge in [0.05, 0.1) is 13.2 Å². The third kappa shape index (κ3) is 3.61. The number of Topliss-reactive ketones (excluding diaryl/α,β-unsaturated/α-hetero) is 2. The fraction of sp³-hybridized carbons (Fsp3) is 0.300. The minimum Gasteiger partial charge on any atom is -0.348 e. The molecule has 0 atom stereocenters. The molecule has 1 heterocycles. The van der Waals surface area contributed by atoms with Crippen LogP contribution in [0, 0.1) is 5.41 Å². The van der Waals surface area contributed by atoms with Crippen LogP contribution in [0.15, 0.2) is 54.6 Å². The molecule has 0 saturated carbocycles. The molecule has 2 aromatic rings. The summed E-state index contributed by atoms with van der Waals surface area (Å²) in [6, 6.07) is 15.4. The lowest BCUT2D eigenvalue weighted by Gasteiger charge is -2.34. The predicted molar refractivity (Wildman–Crippen MR) is 90.0 cm³/mol. The molecule has 4 nitrogen and oxygen atoms in total. The van der Waals surface area contributed by atoms with Crippen molar-refractivity contribution in [2.45, 2.75) is 20.1 Å². The van der Waals surface area contributed by atoms with Crippen LogP contribution in [0.3, 0.4) is 0 Å². The molecule has 0 unspecified atom stereocenters. The number of carbonyl (C=O) groups excluding carboxylic acids is 2. The highest BCUT2D eigenvalue weighted by atomic mass is 16.7. The molecule has 1 aliphatic heterocycles. The Balaban J connectivity index is 1.71. The summed E-state index contributed by atoms with van der Waals surface area (Å²) < 4.78 is 11.4. The van der Waals surface area contributed by atoms with Crippen LogP contribution in [0.5, 0.6) is 0 Å². The van der Waals surface area contributed by atoms with E-state index >= 15 is 0 Å². The smallest absolute Gasteiger partial charge is 0.233 e. The summed E-state index contributed by atoms with van der Waals surface area (Å²) in [6.07, 6.45) is -0.424. The van der Waals surface area contributed by atoms with E-state index in [0.29, 0.717) is 24.3 Å². The Morgan fingerprint density at radius 1 is 0.833 bits per heavy atom. The van der Waals surface area contributed by atoms with Gasteiger partial charge in [0.25, 0.3) is 0 Å². The highest BCUT2D eigenvalue weighted by Crippen LogP contribution is 2.31. The topological polar surface area (TPSA) is 52.6 Å². The summed E-state index contributed by atoms with van der Waals surface area (Å²) in [5.41, 5.74) is 1.61. The van der Waals surface area contributed by atoms with E-state index in [4.69, 9.17) is 9.47 Å². The van der Waals surface area contributed by atoms with Crippen molar-refractivity contribution in [1.29, 1.82) is 0 Å². The van der Waals surface area contributed by atoms with E-state index < -0.39 is 17.9 Å². The summed E-state index contributed by atoms with van der Waals surface area (Å²) in [5.74, 6) is -1.02. The molecule has 24 heavy (non-hydrogen) atoms. The van der Waals surface area contributed by atoms with E-state index in [9.17, 15) is 9.59 Å². The zero-order chi connectivity index (χ0) is 17.2. The van der Waals surface area contributed by atoms with Crippen molar-refractivity contribution < 1.29 is 19.1 Å². The average Bonchev–Trinajstić information content (AvgIpc) is 2.61. The van der Waals surface area contributed by atoms with Crippen LogP contribution < -0.4 is 0 Å². The maximum Gasteiger partial charge on any atom is 0.233 e. The molecule has 4 heteroatoms. The van der Waals surface area contributed by atoms with E-state index in [2.05, 4.69) is 13.8 Å². The molecule has 0 aliphatic carbocycles. The minimum absolute atomic E-state index is 0.00844. The number of carbonyl (C=O) groups is 2. The molecule has 1 aliphatic rings. The second kappa shape index (κ2) is 6.67. The van der Waals surface area contributed by atoms with Gasteiger partial charge in [-0.2, -0.15) is 0 Å². The van der Waals surface area contributed by atoms with Gasteiger partial charge in [-0.25, -0.2) is 0 Å². The summed E-state index contributed by atoms with van der Waals surface area (Å²) in [5, 5.41) is 0. The highest BCUT2D eigenvalue weighted by Gasteiger charge is 2.29. The maximum atomic E-state index is 12.3. The number of hydrogen-bond donors (Lipinski definition) is 0. The molecule has 0 amide bonds. The van der Waals surface area contributed by atoms with Crippen LogP contribution in [-0.2, 0) is 9.47 Å². The van der Waals surface area contributed by atoms with Crippen LogP contribution in [0.1, 0.15) is 46.4 Å². The number of hydrogen-bond acceptors (Lipinski definition) is 4. The number of benzene rings is 2. The lowest BCUT2D eigenvalue weighted by atomic mass is 9.95. The van der Waals surface area contributed by atoms with Gasteiger partial charge in [0.2, 0.25) is 11.6 Å². The largest absolute Gasteiger partial charge is 0.348 e. The molecule has 0 spiro atoms. The van der Waals surface area contributed by atoms with Gasteiger partial charge in [-0.15, -0.1) is 0 Å². The molecule has 2 aromatic carbocycles. The second-order valence-corrected chi connectivity index (χ2v) is 6.76. The van der Waals surface area contributed by atoms with Gasteiger partial charge in [0, 0.05) is 22.1 Å². The third-order valence-corrected chi connectivity index (χ3v) is 3.94. The molecular formula is C20H20O4. The van der Waals surface area contributed by atoms with Crippen molar-refractivity contribution >= 4 is 11.6 Å². The molecule has 124 valence electrons. The monoisotopic (exact) mass is 324 g/mol. The standard InChI is InChI=1S/C20H20O4/c1-20(2)12-23-19(24-13-20)16-10-8-15(9-11-16)18(22)17(21)14-6-4-3-5-7-14/h3-11,19H,12-13H2,1-2H3. The Kier molecular flexibility index (Phi) is 4.60. The number of ketones is 2. The van der Waals surface area contributed by atoms with E-state index in [-0.39, 0.29) is 5.41 Å². The van der Waals surface area contributed by atoms with Gasteiger partial charge in [-0.05, 0) is 0 Å². The van der Waals surface area contributed by atoms with Gasteiger partial charge < -0.3 is 9.47 Å². The quantitative estimate of drug-likeness (QED) is 0.634. The van der Waals surface area contributed by atoms with Crippen molar-refractivity contribution in [3.05, 3.63) is 71.3 Å². The SMILES string of the molecule is CC1(C)COC(c2ccc(C(=O)C(=O)c3ccccc3)cc2)OC1. The lowest BCUT2D eigenvalue weighted by molar-refractivity contribution is -0.226. The maximum absolute atomic E-state index is 12.3. The fourth-order valence-corrected chi connectivity index (χ4v) is 2.53. The Hall–Kier alpha value is -2.30. The lowest BCUT2D eigenvalue weighted by Crippen LogP contribution is -2.33. The van der Waals surface area contributed by atoms with Crippen molar-refractivity contribution in [2.24, 2.45) is 5.41 Å². The molecule has 0 radical (unpaired) electrons. The van der Waals surface area contributed by atoms with Gasteiger partial charge in [-0.1, -0.05) is 68.4 Å². The van der Waals surface area contributed by atoms with Crippen LogP contribution >= 0.6 is 0 Å². The number of rotatable bonds is 4. The first kappa shape index (κ1) is 16.6. The van der Waals surface area contributed by atoms with Gasteiger partial charge >= 0.3 is 0 Å². The summed E-state index contributed by atoms with van der Waals surface area (Å²) in [4.78, 5) is 24.5. The third-order valence-electron chi connectivity index (χ3n) is 3.94. The Bertz CT molecular complexity index is 722. The summed E-state index contributed by atoms with van der Waals surface area (Å²) in [7, 11) is 0. The van der Waals surface area contributed by atoms with Crippen molar-refractivity contribution in [1.82, 2.24) is 0 Å². The Labute approximate surface area is 141 Å². The van der Waals surface area contributed by atoms with Crippen molar-refractivity contribution in [3.8, 4) is 0 Å². The van der Waals surface area contributed by atoms with Crippen LogP contribution in [-0.4, -0.2) is 24.8 Å². The summed E-state index contributed by atoms with van der Waals surface area (Å²) >= 11 is 0. The van der Waals surface area contributed by atoms with E-state index in [1.165, 1.54) is 0 Å². The summed E-state index contributed by atoms with van der Waals surface area (Å²) in [6.45, 7) is 5.40. The van der Waals surface area contributed by atoms with Crippen molar-refractivity contribution in [2.75, 3.05) is 13.2 Å². The van der Waals surface area contributed by atoms with Crippen LogP contribution in [0.2, 0.25) is 0 Å². The van der Waals surface area contributed by atoms with Crippen molar-refractivity contribution in [3.63, 3.8) is 0 Å².